The molecule has 0 fully saturated rings. The Morgan fingerprint density at radius 2 is 2.00 bits per heavy atom. The average Bonchev–Trinajstić information content (AvgIpc) is 2.66. The van der Waals surface area contributed by atoms with Crippen LogP contribution >= 0.6 is 0 Å². The third-order valence-electron chi connectivity index (χ3n) is 3.85. The summed E-state index contributed by atoms with van der Waals surface area (Å²) in [6.07, 6.45) is 3.15. The zero-order chi connectivity index (χ0) is 19.8. The molecule has 5 nitrogen and oxygen atoms in total. The number of methoxy groups -OCH3 is 1. The van der Waals surface area contributed by atoms with E-state index in [1.807, 2.05) is 38.1 Å². The van der Waals surface area contributed by atoms with Crippen LogP contribution in [0.15, 0.2) is 54.6 Å². The largest absolute Gasteiger partial charge is 0.493 e. The highest BCUT2D eigenvalue weighted by Gasteiger charge is 2.12. The highest BCUT2D eigenvalue weighted by atomic mass is 16.5. The predicted octanol–water partition coefficient (Wildman–Crippen LogP) is 4.42. The van der Waals surface area contributed by atoms with E-state index in [1.165, 1.54) is 13.2 Å². The quantitative estimate of drug-likeness (QED) is 0.449. The van der Waals surface area contributed by atoms with E-state index in [1.54, 1.807) is 24.3 Å². The Bertz CT molecular complexity index is 924. The van der Waals surface area contributed by atoms with E-state index in [-0.39, 0.29) is 5.57 Å². The van der Waals surface area contributed by atoms with Gasteiger partial charge in [-0.25, -0.2) is 0 Å². The number of nitrogens with zero attached hydrogens (tertiary/aromatic N) is 1. The second kappa shape index (κ2) is 9.25. The van der Waals surface area contributed by atoms with E-state index < -0.39 is 5.91 Å². The van der Waals surface area contributed by atoms with Crippen molar-refractivity contribution in [1.29, 1.82) is 5.26 Å². The summed E-state index contributed by atoms with van der Waals surface area (Å²) < 4.78 is 10.8. The molecule has 1 amide bonds. The molecule has 0 radical (unpaired) electrons. The summed E-state index contributed by atoms with van der Waals surface area (Å²) >= 11 is 0. The minimum absolute atomic E-state index is 0.00297. The highest BCUT2D eigenvalue weighted by Crippen LogP contribution is 2.29. The molecule has 0 heterocycles. The zero-order valence-corrected chi connectivity index (χ0v) is 15.7. The van der Waals surface area contributed by atoms with Crippen LogP contribution in [0.3, 0.4) is 0 Å². The number of carbonyl (C=O) groups excluding carboxylic acids is 1. The van der Waals surface area contributed by atoms with Gasteiger partial charge in [0.25, 0.3) is 5.91 Å². The average molecular weight is 362 g/mol. The van der Waals surface area contributed by atoms with Crippen molar-refractivity contribution in [2.75, 3.05) is 19.0 Å². The van der Waals surface area contributed by atoms with Crippen molar-refractivity contribution >= 4 is 17.7 Å². The van der Waals surface area contributed by atoms with Gasteiger partial charge in [-0.05, 0) is 49.2 Å². The molecule has 5 heteroatoms. The van der Waals surface area contributed by atoms with Gasteiger partial charge in [-0.2, -0.15) is 5.26 Å². The van der Waals surface area contributed by atoms with Gasteiger partial charge in [0.2, 0.25) is 0 Å². The number of ether oxygens (including phenoxy) is 2. The molecule has 27 heavy (non-hydrogen) atoms. The topological polar surface area (TPSA) is 71.3 Å². The first-order valence-corrected chi connectivity index (χ1v) is 8.40. The molecule has 0 aliphatic heterocycles. The number of hydrogen-bond donors (Lipinski definition) is 1. The molecule has 0 spiro atoms. The van der Waals surface area contributed by atoms with Gasteiger partial charge in [-0.1, -0.05) is 36.4 Å². The Hall–Kier alpha value is -3.52. The highest BCUT2D eigenvalue weighted by molar-refractivity contribution is 6.10. The molecule has 1 N–H and O–H groups in total. The van der Waals surface area contributed by atoms with Crippen LogP contribution in [0.2, 0.25) is 0 Å². The van der Waals surface area contributed by atoms with Gasteiger partial charge in [0.1, 0.15) is 18.2 Å². The van der Waals surface area contributed by atoms with Crippen molar-refractivity contribution in [3.05, 3.63) is 71.3 Å². The third-order valence-corrected chi connectivity index (χ3v) is 3.85. The number of benzene rings is 2. The summed E-state index contributed by atoms with van der Waals surface area (Å²) in [7, 11) is 1.53. The first kappa shape index (κ1) is 19.8. The Kier molecular flexibility index (Phi) is 6.79. The first-order chi connectivity index (χ1) is 13.0. The lowest BCUT2D eigenvalue weighted by Crippen LogP contribution is -2.14. The van der Waals surface area contributed by atoms with Gasteiger partial charge in [-0.3, -0.25) is 4.79 Å². The lowest BCUT2D eigenvalue weighted by atomic mass is 10.1. The summed E-state index contributed by atoms with van der Waals surface area (Å²) in [4.78, 5) is 12.5. The van der Waals surface area contributed by atoms with Gasteiger partial charge >= 0.3 is 0 Å². The fourth-order valence-corrected chi connectivity index (χ4v) is 2.50. The normalized spacial score (nSPS) is 10.7. The summed E-state index contributed by atoms with van der Waals surface area (Å²) in [5, 5.41) is 12.2. The number of amides is 1. The van der Waals surface area contributed by atoms with Crippen molar-refractivity contribution in [2.24, 2.45) is 0 Å². The lowest BCUT2D eigenvalue weighted by Gasteiger charge is -2.10. The number of nitriles is 1. The van der Waals surface area contributed by atoms with Crippen molar-refractivity contribution in [3.63, 3.8) is 0 Å². The molecular weight excluding hydrogens is 340 g/mol. The van der Waals surface area contributed by atoms with Gasteiger partial charge in [0.15, 0.2) is 11.5 Å². The van der Waals surface area contributed by atoms with Gasteiger partial charge in [0.05, 0.1) is 7.11 Å². The van der Waals surface area contributed by atoms with Crippen molar-refractivity contribution in [3.8, 4) is 17.6 Å². The smallest absolute Gasteiger partial charge is 0.266 e. The fourth-order valence-electron chi connectivity index (χ4n) is 2.50. The van der Waals surface area contributed by atoms with E-state index in [9.17, 15) is 10.1 Å². The van der Waals surface area contributed by atoms with Crippen molar-refractivity contribution in [2.45, 2.75) is 13.8 Å². The third kappa shape index (κ3) is 5.23. The Morgan fingerprint density at radius 1 is 1.22 bits per heavy atom. The lowest BCUT2D eigenvalue weighted by molar-refractivity contribution is -0.112. The van der Waals surface area contributed by atoms with Gasteiger partial charge in [0, 0.05) is 5.69 Å². The molecule has 0 atom stereocenters. The van der Waals surface area contributed by atoms with Crippen LogP contribution in [-0.2, 0) is 4.79 Å². The van der Waals surface area contributed by atoms with E-state index in [4.69, 9.17) is 9.47 Å². The molecule has 138 valence electrons. The minimum Gasteiger partial charge on any atom is -0.493 e. The van der Waals surface area contributed by atoms with Crippen LogP contribution in [-0.4, -0.2) is 19.6 Å². The molecule has 2 rings (SSSR count). The molecular formula is C22H22N2O3. The van der Waals surface area contributed by atoms with E-state index in [2.05, 4.69) is 11.9 Å². The Labute approximate surface area is 159 Å². The zero-order valence-electron chi connectivity index (χ0n) is 15.7. The summed E-state index contributed by atoms with van der Waals surface area (Å²) in [6, 6.07) is 12.8. The van der Waals surface area contributed by atoms with Crippen LogP contribution in [0, 0.1) is 25.2 Å². The summed E-state index contributed by atoms with van der Waals surface area (Å²) in [5.41, 5.74) is 3.37. The van der Waals surface area contributed by atoms with Crippen molar-refractivity contribution < 1.29 is 14.3 Å². The van der Waals surface area contributed by atoms with Gasteiger partial charge in [-0.15, -0.1) is 0 Å². The van der Waals surface area contributed by atoms with Crippen LogP contribution in [0.1, 0.15) is 16.7 Å². The number of anilines is 1. The molecule has 2 aromatic carbocycles. The summed E-state index contributed by atoms with van der Waals surface area (Å²) in [5.74, 6) is 0.612. The molecule has 0 aliphatic rings. The first-order valence-electron chi connectivity index (χ1n) is 8.40. The van der Waals surface area contributed by atoms with Crippen LogP contribution in [0.4, 0.5) is 5.69 Å². The molecule has 0 saturated heterocycles. The predicted molar refractivity (Wildman–Crippen MR) is 107 cm³/mol. The molecule has 0 aliphatic carbocycles. The molecule has 0 unspecified atom stereocenters. The van der Waals surface area contributed by atoms with Crippen molar-refractivity contribution in [1.82, 2.24) is 0 Å². The Balaban J connectivity index is 2.25. The maximum absolute atomic E-state index is 12.5. The molecule has 0 aromatic heterocycles. The fraction of sp³-hybridized carbons (Fsp3) is 0.182. The number of aryl methyl sites for hydroxylation is 2. The molecule has 0 bridgehead atoms. The number of hydrogen-bond acceptors (Lipinski definition) is 4. The molecule has 0 saturated carbocycles. The Morgan fingerprint density at radius 3 is 2.63 bits per heavy atom. The van der Waals surface area contributed by atoms with E-state index in [0.29, 0.717) is 29.4 Å². The summed E-state index contributed by atoms with van der Waals surface area (Å²) in [6.45, 7) is 7.85. The maximum atomic E-state index is 12.5. The number of carbonyl (C=O) groups is 1. The number of nitrogens with one attached hydrogen (secondary N) is 1. The molecule has 2 aromatic rings. The van der Waals surface area contributed by atoms with Crippen LogP contribution < -0.4 is 14.8 Å². The van der Waals surface area contributed by atoms with Crippen LogP contribution in [0.25, 0.3) is 6.08 Å². The van der Waals surface area contributed by atoms with E-state index in [0.717, 1.165) is 11.1 Å². The monoisotopic (exact) mass is 362 g/mol. The van der Waals surface area contributed by atoms with E-state index >= 15 is 0 Å². The maximum Gasteiger partial charge on any atom is 0.266 e. The van der Waals surface area contributed by atoms with Gasteiger partial charge < -0.3 is 14.8 Å². The standard InChI is InChI=1S/C22H22N2O3/c1-5-10-27-20-9-7-17(13-21(20)26-4)12-18(14-23)22(25)24-19-8-6-15(2)11-16(19)3/h5-9,11-13H,1,10H2,2-4H3,(H,24,25)/b18-12+. The second-order valence-corrected chi connectivity index (χ2v) is 5.95. The number of rotatable bonds is 7. The second-order valence-electron chi connectivity index (χ2n) is 5.95. The minimum atomic E-state index is -0.463. The van der Waals surface area contributed by atoms with Crippen LogP contribution in [0.5, 0.6) is 11.5 Å². The SMILES string of the molecule is C=CCOc1ccc(/C=C(\C#N)C(=O)Nc2ccc(C)cc2C)cc1OC.